The first-order chi connectivity index (χ1) is 8.03. The fourth-order valence-corrected chi connectivity index (χ4v) is 3.17. The number of imidazole rings is 1. The Morgan fingerprint density at radius 1 is 1.41 bits per heavy atom. The fraction of sp³-hybridized carbons (Fsp3) is 0.308. The lowest BCUT2D eigenvalue weighted by molar-refractivity contribution is 0.517. The lowest BCUT2D eigenvalue weighted by Crippen LogP contribution is -2.34. The highest BCUT2D eigenvalue weighted by Crippen LogP contribution is 2.27. The lowest BCUT2D eigenvalue weighted by atomic mass is 9.96. The van der Waals surface area contributed by atoms with Crippen LogP contribution in [0.2, 0.25) is 0 Å². The number of nitrogens with zero attached hydrogens (tertiary/aromatic N) is 2. The summed E-state index contributed by atoms with van der Waals surface area (Å²) in [6.45, 7) is 4.11. The van der Waals surface area contributed by atoms with Crippen molar-refractivity contribution >= 4 is 26.5 Å². The van der Waals surface area contributed by atoms with Gasteiger partial charge in [0, 0.05) is 17.9 Å². The van der Waals surface area contributed by atoms with Crippen molar-refractivity contribution in [3.05, 3.63) is 36.2 Å². The van der Waals surface area contributed by atoms with E-state index < -0.39 is 0 Å². The van der Waals surface area contributed by atoms with Gasteiger partial charge in [-0.1, -0.05) is 17.4 Å². The molecule has 0 bridgehead atoms. The van der Waals surface area contributed by atoms with Gasteiger partial charge in [0.15, 0.2) is 4.96 Å². The van der Waals surface area contributed by atoms with Gasteiger partial charge in [-0.25, -0.2) is 4.98 Å². The smallest absolute Gasteiger partial charge is 0.194 e. The molecule has 2 N–H and O–H groups in total. The van der Waals surface area contributed by atoms with Crippen molar-refractivity contribution in [1.29, 1.82) is 0 Å². The molecule has 3 nitrogen and oxygen atoms in total. The zero-order valence-electron chi connectivity index (χ0n) is 9.97. The van der Waals surface area contributed by atoms with Gasteiger partial charge in [-0.05, 0) is 38.0 Å². The third-order valence-electron chi connectivity index (χ3n) is 2.75. The van der Waals surface area contributed by atoms with E-state index in [1.165, 1.54) is 15.8 Å². The molecular formula is C13H15N3S. The number of rotatable bonds is 2. The minimum Gasteiger partial charge on any atom is -0.325 e. The zero-order valence-corrected chi connectivity index (χ0v) is 10.8. The Bertz CT molecular complexity index is 673. The van der Waals surface area contributed by atoms with E-state index in [0.29, 0.717) is 0 Å². The molecule has 3 rings (SSSR count). The van der Waals surface area contributed by atoms with Crippen LogP contribution in [0.4, 0.5) is 0 Å². The minimum absolute atomic E-state index is 0.162. The first kappa shape index (κ1) is 10.7. The monoisotopic (exact) mass is 245 g/mol. The van der Waals surface area contributed by atoms with Crippen LogP contribution in [-0.2, 0) is 6.42 Å². The molecule has 0 aliphatic carbocycles. The molecule has 0 fully saturated rings. The van der Waals surface area contributed by atoms with Gasteiger partial charge in [0.25, 0.3) is 0 Å². The summed E-state index contributed by atoms with van der Waals surface area (Å²) in [7, 11) is 0. The zero-order chi connectivity index (χ0) is 12.0. The van der Waals surface area contributed by atoms with Crippen molar-refractivity contribution in [3.63, 3.8) is 0 Å². The van der Waals surface area contributed by atoms with Gasteiger partial charge in [-0.15, -0.1) is 0 Å². The number of fused-ring (bicyclic) bond motifs is 3. The molecule has 0 atom stereocenters. The van der Waals surface area contributed by atoms with Crippen LogP contribution in [0.5, 0.6) is 0 Å². The highest BCUT2D eigenvalue weighted by Gasteiger charge is 2.13. The van der Waals surface area contributed by atoms with Crippen molar-refractivity contribution < 1.29 is 0 Å². The second-order valence-corrected chi connectivity index (χ2v) is 6.16. The molecule has 3 aromatic rings. The van der Waals surface area contributed by atoms with Crippen molar-refractivity contribution in [1.82, 2.24) is 9.38 Å². The van der Waals surface area contributed by atoms with E-state index in [1.807, 2.05) is 12.4 Å². The van der Waals surface area contributed by atoms with Crippen molar-refractivity contribution in [2.24, 2.45) is 5.73 Å². The largest absolute Gasteiger partial charge is 0.325 e. The molecule has 1 aromatic carbocycles. The molecule has 0 unspecified atom stereocenters. The van der Waals surface area contributed by atoms with E-state index in [-0.39, 0.29) is 5.54 Å². The molecular weight excluding hydrogens is 230 g/mol. The van der Waals surface area contributed by atoms with Crippen LogP contribution in [0.15, 0.2) is 30.6 Å². The van der Waals surface area contributed by atoms with E-state index in [9.17, 15) is 0 Å². The summed E-state index contributed by atoms with van der Waals surface area (Å²) in [5.74, 6) is 0. The molecule has 2 aromatic heterocycles. The number of hydrogen-bond donors (Lipinski definition) is 1. The summed E-state index contributed by atoms with van der Waals surface area (Å²) in [5, 5.41) is 0. The summed E-state index contributed by atoms with van der Waals surface area (Å²) in [4.78, 5) is 5.36. The standard InChI is InChI=1S/C13H15N3S/c1-13(2,14)8-9-3-4-10-11(7-9)17-12-15-5-6-16(10)12/h3-7H,8,14H2,1-2H3. The average Bonchev–Trinajstić information content (AvgIpc) is 2.73. The number of thiazole rings is 1. The van der Waals surface area contributed by atoms with E-state index in [1.54, 1.807) is 11.3 Å². The summed E-state index contributed by atoms with van der Waals surface area (Å²) >= 11 is 1.72. The number of hydrogen-bond acceptors (Lipinski definition) is 3. The molecule has 0 amide bonds. The number of benzene rings is 1. The first-order valence-electron chi connectivity index (χ1n) is 5.66. The second kappa shape index (κ2) is 3.55. The summed E-state index contributed by atoms with van der Waals surface area (Å²) in [5.41, 5.74) is 8.40. The van der Waals surface area contributed by atoms with Crippen molar-refractivity contribution in [2.45, 2.75) is 25.8 Å². The highest BCUT2D eigenvalue weighted by atomic mass is 32.1. The van der Waals surface area contributed by atoms with Crippen LogP contribution < -0.4 is 5.73 Å². The van der Waals surface area contributed by atoms with Crippen LogP contribution in [0.3, 0.4) is 0 Å². The lowest BCUT2D eigenvalue weighted by Gasteiger charge is -2.18. The summed E-state index contributed by atoms with van der Waals surface area (Å²) < 4.78 is 3.40. The molecule has 0 aliphatic rings. The summed E-state index contributed by atoms with van der Waals surface area (Å²) in [6.07, 6.45) is 4.73. The predicted molar refractivity (Wildman–Crippen MR) is 72.5 cm³/mol. The molecule has 2 heterocycles. The van der Waals surface area contributed by atoms with Crippen LogP contribution in [-0.4, -0.2) is 14.9 Å². The van der Waals surface area contributed by atoms with Crippen LogP contribution in [0.25, 0.3) is 15.2 Å². The maximum atomic E-state index is 6.05. The summed E-state index contributed by atoms with van der Waals surface area (Å²) in [6, 6.07) is 6.54. The maximum absolute atomic E-state index is 6.05. The molecule has 0 spiro atoms. The Morgan fingerprint density at radius 3 is 3.00 bits per heavy atom. The molecule has 0 radical (unpaired) electrons. The van der Waals surface area contributed by atoms with Gasteiger partial charge in [-0.3, -0.25) is 4.40 Å². The minimum atomic E-state index is -0.162. The van der Waals surface area contributed by atoms with Crippen LogP contribution >= 0.6 is 11.3 Å². The predicted octanol–water partition coefficient (Wildman–Crippen LogP) is 2.83. The molecule has 0 saturated heterocycles. The Balaban J connectivity index is 2.12. The highest BCUT2D eigenvalue weighted by molar-refractivity contribution is 7.23. The van der Waals surface area contributed by atoms with Crippen LogP contribution in [0, 0.1) is 0 Å². The Kier molecular flexibility index (Phi) is 2.24. The van der Waals surface area contributed by atoms with Gasteiger partial charge in [-0.2, -0.15) is 0 Å². The van der Waals surface area contributed by atoms with Crippen molar-refractivity contribution in [2.75, 3.05) is 0 Å². The topological polar surface area (TPSA) is 43.3 Å². The van der Waals surface area contributed by atoms with Crippen molar-refractivity contribution in [3.8, 4) is 0 Å². The first-order valence-corrected chi connectivity index (χ1v) is 6.48. The Labute approximate surface area is 104 Å². The van der Waals surface area contributed by atoms with E-state index in [0.717, 1.165) is 11.4 Å². The van der Waals surface area contributed by atoms with E-state index in [2.05, 4.69) is 41.4 Å². The average molecular weight is 245 g/mol. The van der Waals surface area contributed by atoms with Gasteiger partial charge in [0.05, 0.1) is 10.2 Å². The Hall–Kier alpha value is -1.39. The molecule has 88 valence electrons. The van der Waals surface area contributed by atoms with Gasteiger partial charge in [0.1, 0.15) is 0 Å². The third-order valence-corrected chi connectivity index (χ3v) is 3.78. The SMILES string of the molecule is CC(C)(N)Cc1ccc2c(c1)sc1nccn12. The quantitative estimate of drug-likeness (QED) is 0.754. The molecule has 0 saturated carbocycles. The van der Waals surface area contributed by atoms with Gasteiger partial charge < -0.3 is 5.73 Å². The second-order valence-electron chi connectivity index (χ2n) is 5.15. The van der Waals surface area contributed by atoms with Crippen LogP contribution in [0.1, 0.15) is 19.4 Å². The third kappa shape index (κ3) is 1.94. The number of nitrogens with two attached hydrogens (primary N) is 1. The van der Waals surface area contributed by atoms with E-state index in [4.69, 9.17) is 5.73 Å². The molecule has 0 aliphatic heterocycles. The van der Waals surface area contributed by atoms with E-state index >= 15 is 0 Å². The number of aromatic nitrogens is 2. The normalized spacial score (nSPS) is 12.6. The fourth-order valence-electron chi connectivity index (χ4n) is 2.12. The van der Waals surface area contributed by atoms with Gasteiger partial charge in [0.2, 0.25) is 0 Å². The Morgan fingerprint density at radius 2 is 2.24 bits per heavy atom. The molecule has 17 heavy (non-hydrogen) atoms. The van der Waals surface area contributed by atoms with Gasteiger partial charge >= 0.3 is 0 Å². The maximum Gasteiger partial charge on any atom is 0.194 e. The molecule has 4 heteroatoms.